The fourth-order valence-corrected chi connectivity index (χ4v) is 2.07. The molecule has 1 N–H and O–H groups in total. The molecule has 0 aliphatic carbocycles. The van der Waals surface area contributed by atoms with Gasteiger partial charge in [0.1, 0.15) is 5.54 Å². The molecule has 120 valence electrons. The van der Waals surface area contributed by atoms with Crippen LogP contribution in [0.15, 0.2) is 0 Å². The molecule has 0 spiro atoms. The van der Waals surface area contributed by atoms with E-state index >= 15 is 0 Å². The second kappa shape index (κ2) is 12.2. The Kier molecular flexibility index (Phi) is 11.8. The van der Waals surface area contributed by atoms with E-state index in [0.717, 1.165) is 19.4 Å². The molecule has 1 unspecified atom stereocenters. The highest BCUT2D eigenvalue weighted by molar-refractivity contribution is 5.80. The Bertz CT molecular complexity index is 246. The minimum absolute atomic E-state index is 0.256. The highest BCUT2D eigenvalue weighted by atomic mass is 16.5. The number of hydrogen-bond acceptors (Lipinski definition) is 4. The van der Waals surface area contributed by atoms with Crippen LogP contribution in [0.3, 0.4) is 0 Å². The van der Waals surface area contributed by atoms with Crippen molar-refractivity contribution in [3.05, 3.63) is 0 Å². The lowest BCUT2D eigenvalue weighted by Gasteiger charge is -2.27. The lowest BCUT2D eigenvalue weighted by Crippen LogP contribution is -2.54. The number of nitrogens with one attached hydrogen (secondary N) is 1. The van der Waals surface area contributed by atoms with Crippen LogP contribution in [-0.2, 0) is 14.3 Å². The molecular weight excluding hydrogens is 254 g/mol. The molecule has 0 aromatic heterocycles. The van der Waals surface area contributed by atoms with Crippen LogP contribution in [0.2, 0.25) is 0 Å². The van der Waals surface area contributed by atoms with Gasteiger partial charge in [-0.15, -0.1) is 0 Å². The van der Waals surface area contributed by atoms with Crippen molar-refractivity contribution >= 4 is 5.97 Å². The average molecular weight is 287 g/mol. The van der Waals surface area contributed by atoms with Crippen molar-refractivity contribution in [2.45, 2.75) is 71.3 Å². The molecule has 0 bridgehead atoms. The first-order valence-corrected chi connectivity index (χ1v) is 8.02. The van der Waals surface area contributed by atoms with E-state index in [2.05, 4.69) is 19.2 Å². The second-order valence-electron chi connectivity index (χ2n) is 5.57. The van der Waals surface area contributed by atoms with Crippen LogP contribution in [0, 0.1) is 0 Å². The molecule has 0 aliphatic heterocycles. The molecular formula is C16H33NO3. The largest absolute Gasteiger partial charge is 0.468 e. The third-order valence-corrected chi connectivity index (χ3v) is 3.43. The molecule has 0 amide bonds. The Balaban J connectivity index is 3.82. The summed E-state index contributed by atoms with van der Waals surface area (Å²) in [7, 11) is 1.42. The van der Waals surface area contributed by atoms with Gasteiger partial charge in [0.25, 0.3) is 0 Å². The molecule has 0 aromatic rings. The van der Waals surface area contributed by atoms with Crippen molar-refractivity contribution in [2.75, 3.05) is 26.9 Å². The SMILES string of the molecule is CCCCCCCCOCC(C)(NCCC)C(=O)OC. The number of rotatable bonds is 13. The fraction of sp³-hybridized carbons (Fsp3) is 0.938. The summed E-state index contributed by atoms with van der Waals surface area (Å²) in [5.74, 6) is -0.256. The molecule has 0 heterocycles. The molecule has 1 atom stereocenters. The van der Waals surface area contributed by atoms with Crippen molar-refractivity contribution in [1.29, 1.82) is 0 Å². The zero-order chi connectivity index (χ0) is 15.3. The molecule has 0 saturated carbocycles. The number of methoxy groups -OCH3 is 1. The summed E-state index contributed by atoms with van der Waals surface area (Å²) in [5, 5.41) is 3.22. The van der Waals surface area contributed by atoms with E-state index in [1.54, 1.807) is 0 Å². The van der Waals surface area contributed by atoms with Crippen LogP contribution >= 0.6 is 0 Å². The summed E-state index contributed by atoms with van der Waals surface area (Å²) in [6, 6.07) is 0. The summed E-state index contributed by atoms with van der Waals surface area (Å²) < 4.78 is 10.5. The normalized spacial score (nSPS) is 14.0. The van der Waals surface area contributed by atoms with Crippen LogP contribution < -0.4 is 5.32 Å². The van der Waals surface area contributed by atoms with Crippen LogP contribution in [0.1, 0.15) is 65.7 Å². The van der Waals surface area contributed by atoms with Gasteiger partial charge in [-0.25, -0.2) is 4.79 Å². The maximum Gasteiger partial charge on any atom is 0.328 e. The highest BCUT2D eigenvalue weighted by Crippen LogP contribution is 2.09. The highest BCUT2D eigenvalue weighted by Gasteiger charge is 2.33. The molecule has 0 rings (SSSR count). The molecule has 4 heteroatoms. The number of hydrogen-bond donors (Lipinski definition) is 1. The van der Waals surface area contributed by atoms with Crippen LogP contribution in [0.5, 0.6) is 0 Å². The molecule has 0 fully saturated rings. The zero-order valence-corrected chi connectivity index (χ0v) is 13.8. The van der Waals surface area contributed by atoms with Crippen LogP contribution in [-0.4, -0.2) is 38.4 Å². The first kappa shape index (κ1) is 19.4. The zero-order valence-electron chi connectivity index (χ0n) is 13.8. The summed E-state index contributed by atoms with van der Waals surface area (Å²) in [5.41, 5.74) is -0.729. The number of ether oxygens (including phenoxy) is 2. The van der Waals surface area contributed by atoms with E-state index in [9.17, 15) is 4.79 Å². The fourth-order valence-electron chi connectivity index (χ4n) is 2.07. The number of esters is 1. The van der Waals surface area contributed by atoms with E-state index in [1.165, 1.54) is 39.2 Å². The van der Waals surface area contributed by atoms with Crippen molar-refractivity contribution in [3.8, 4) is 0 Å². The minimum Gasteiger partial charge on any atom is -0.468 e. The smallest absolute Gasteiger partial charge is 0.328 e. The molecule has 0 saturated heterocycles. The minimum atomic E-state index is -0.729. The van der Waals surface area contributed by atoms with E-state index in [-0.39, 0.29) is 5.97 Å². The lowest BCUT2D eigenvalue weighted by atomic mass is 10.0. The van der Waals surface area contributed by atoms with E-state index in [0.29, 0.717) is 13.2 Å². The molecule has 0 radical (unpaired) electrons. The summed E-state index contributed by atoms with van der Waals surface area (Å²) in [6.45, 7) is 8.00. The Morgan fingerprint density at radius 1 is 1.05 bits per heavy atom. The Morgan fingerprint density at radius 3 is 2.30 bits per heavy atom. The van der Waals surface area contributed by atoms with Crippen molar-refractivity contribution in [2.24, 2.45) is 0 Å². The van der Waals surface area contributed by atoms with Gasteiger partial charge in [-0.3, -0.25) is 0 Å². The topological polar surface area (TPSA) is 47.6 Å². The molecule has 0 aromatic carbocycles. The van der Waals surface area contributed by atoms with Gasteiger partial charge in [0.05, 0.1) is 13.7 Å². The first-order valence-electron chi connectivity index (χ1n) is 8.02. The molecule has 0 aliphatic rings. The van der Waals surface area contributed by atoms with Crippen molar-refractivity contribution in [1.82, 2.24) is 5.32 Å². The number of carbonyl (C=O) groups is 1. The van der Waals surface area contributed by atoms with E-state index in [4.69, 9.17) is 9.47 Å². The predicted molar refractivity (Wildman–Crippen MR) is 82.9 cm³/mol. The average Bonchev–Trinajstić information content (AvgIpc) is 2.47. The summed E-state index contributed by atoms with van der Waals surface area (Å²) >= 11 is 0. The van der Waals surface area contributed by atoms with Gasteiger partial charge in [0.15, 0.2) is 0 Å². The number of carbonyl (C=O) groups excluding carboxylic acids is 1. The molecule has 4 nitrogen and oxygen atoms in total. The summed E-state index contributed by atoms with van der Waals surface area (Å²) in [6.07, 6.45) is 8.43. The third kappa shape index (κ3) is 8.54. The quantitative estimate of drug-likeness (QED) is 0.417. The van der Waals surface area contributed by atoms with Crippen LogP contribution in [0.4, 0.5) is 0 Å². The second-order valence-corrected chi connectivity index (χ2v) is 5.57. The summed E-state index contributed by atoms with van der Waals surface area (Å²) in [4.78, 5) is 11.8. The Morgan fingerprint density at radius 2 is 1.70 bits per heavy atom. The lowest BCUT2D eigenvalue weighted by molar-refractivity contribution is -0.150. The van der Waals surface area contributed by atoms with Crippen molar-refractivity contribution in [3.63, 3.8) is 0 Å². The first-order chi connectivity index (χ1) is 9.60. The third-order valence-electron chi connectivity index (χ3n) is 3.43. The molecule has 20 heavy (non-hydrogen) atoms. The van der Waals surface area contributed by atoms with Gasteiger partial charge in [-0.05, 0) is 26.3 Å². The Hall–Kier alpha value is -0.610. The van der Waals surface area contributed by atoms with E-state index in [1.807, 2.05) is 6.92 Å². The maximum atomic E-state index is 11.8. The van der Waals surface area contributed by atoms with Gasteiger partial charge in [0.2, 0.25) is 0 Å². The Labute approximate surface area is 124 Å². The van der Waals surface area contributed by atoms with Gasteiger partial charge in [-0.2, -0.15) is 0 Å². The van der Waals surface area contributed by atoms with Gasteiger partial charge in [-0.1, -0.05) is 46.0 Å². The maximum absolute atomic E-state index is 11.8. The monoisotopic (exact) mass is 287 g/mol. The standard InChI is InChI=1S/C16H33NO3/c1-5-7-8-9-10-11-13-20-14-16(3,15(18)19-4)17-12-6-2/h17H,5-14H2,1-4H3. The van der Waals surface area contributed by atoms with Gasteiger partial charge >= 0.3 is 5.97 Å². The van der Waals surface area contributed by atoms with E-state index < -0.39 is 5.54 Å². The van der Waals surface area contributed by atoms with Gasteiger partial charge in [0, 0.05) is 6.61 Å². The van der Waals surface area contributed by atoms with Gasteiger partial charge < -0.3 is 14.8 Å². The van der Waals surface area contributed by atoms with Crippen molar-refractivity contribution < 1.29 is 14.3 Å². The number of unbranched alkanes of at least 4 members (excludes halogenated alkanes) is 5. The predicted octanol–water partition coefficient (Wildman–Crippen LogP) is 3.29. The van der Waals surface area contributed by atoms with Crippen LogP contribution in [0.25, 0.3) is 0 Å².